The van der Waals surface area contributed by atoms with Crippen LogP contribution in [0.5, 0.6) is 0 Å². The van der Waals surface area contributed by atoms with Crippen LogP contribution in [0.25, 0.3) is 0 Å². The number of carbonyl (C=O) groups is 2. The van der Waals surface area contributed by atoms with E-state index in [0.717, 1.165) is 24.4 Å². The van der Waals surface area contributed by atoms with Crippen LogP contribution in [0.15, 0.2) is 0 Å². The zero-order chi connectivity index (χ0) is 15.1. The van der Waals surface area contributed by atoms with Gasteiger partial charge in [-0.1, -0.05) is 18.3 Å². The van der Waals surface area contributed by atoms with Crippen molar-refractivity contribution in [3.05, 3.63) is 10.6 Å². The molecule has 21 heavy (non-hydrogen) atoms. The van der Waals surface area contributed by atoms with Crippen LogP contribution in [0.4, 0.5) is 0 Å². The predicted molar refractivity (Wildman–Crippen MR) is 80.6 cm³/mol. The fourth-order valence-corrected chi connectivity index (χ4v) is 4.95. The number of aromatic nitrogens is 2. The van der Waals surface area contributed by atoms with Gasteiger partial charge in [0.25, 0.3) is 5.91 Å². The lowest BCUT2D eigenvalue weighted by Crippen LogP contribution is -2.46. The van der Waals surface area contributed by atoms with Crippen LogP contribution < -0.4 is 0 Å². The fourth-order valence-electron chi connectivity index (χ4n) is 2.56. The summed E-state index contributed by atoms with van der Waals surface area (Å²) >= 11 is 2.65. The highest BCUT2D eigenvalue weighted by atomic mass is 32.2. The Morgan fingerprint density at radius 1 is 1.38 bits per heavy atom. The molecule has 3 rings (SSSR count). The number of amides is 1. The minimum atomic E-state index is -0.928. The Hall–Kier alpha value is -1.15. The third-order valence-corrected chi connectivity index (χ3v) is 6.03. The lowest BCUT2D eigenvalue weighted by atomic mass is 10.1. The van der Waals surface area contributed by atoms with Crippen molar-refractivity contribution in [2.75, 3.05) is 5.75 Å². The molecule has 114 valence electrons. The second-order valence-corrected chi connectivity index (χ2v) is 7.67. The van der Waals surface area contributed by atoms with Gasteiger partial charge in [0.05, 0.1) is 11.1 Å². The normalized spacial score (nSPS) is 25.6. The quantitative estimate of drug-likeness (QED) is 0.911. The molecule has 0 spiro atoms. The molecule has 1 aliphatic heterocycles. The number of hydrogen-bond acceptors (Lipinski definition) is 6. The smallest absolute Gasteiger partial charge is 0.327 e. The number of carboxylic acid groups (broad SMARTS) is 1. The summed E-state index contributed by atoms with van der Waals surface area (Å²) in [7, 11) is 0. The second-order valence-electron chi connectivity index (χ2n) is 5.77. The molecule has 0 bridgehead atoms. The SMILES string of the molecule is CC(C)c1nnsc1C(=O)N1C(C(=O)O)CSC1C1CC1. The maximum absolute atomic E-state index is 12.9. The summed E-state index contributed by atoms with van der Waals surface area (Å²) in [4.78, 5) is 26.4. The highest BCUT2D eigenvalue weighted by Gasteiger charge is 2.49. The molecule has 1 aromatic heterocycles. The van der Waals surface area contributed by atoms with E-state index >= 15 is 0 Å². The third-order valence-electron chi connectivity index (χ3n) is 3.83. The van der Waals surface area contributed by atoms with Gasteiger partial charge < -0.3 is 10.0 Å². The van der Waals surface area contributed by atoms with Crippen molar-refractivity contribution in [1.29, 1.82) is 0 Å². The first-order valence-corrected chi connectivity index (χ1v) is 8.82. The minimum Gasteiger partial charge on any atom is -0.480 e. The molecular formula is C13H17N3O3S2. The van der Waals surface area contributed by atoms with Gasteiger partial charge in [-0.15, -0.1) is 16.9 Å². The number of carboxylic acids is 1. The van der Waals surface area contributed by atoms with Gasteiger partial charge in [-0.2, -0.15) is 0 Å². The molecule has 2 atom stereocenters. The standard InChI is InChI=1S/C13H17N3O3S2/c1-6(2)9-10(21-15-14-9)11(17)16-8(13(18)19)5-20-12(16)7-3-4-7/h6-8,12H,3-5H2,1-2H3,(H,18,19). The van der Waals surface area contributed by atoms with Crippen LogP contribution in [0, 0.1) is 5.92 Å². The van der Waals surface area contributed by atoms with Crippen molar-refractivity contribution < 1.29 is 14.7 Å². The Kier molecular flexibility index (Phi) is 3.92. The first kappa shape index (κ1) is 14.8. The summed E-state index contributed by atoms with van der Waals surface area (Å²) in [5.41, 5.74) is 0.667. The molecule has 1 amide bonds. The molecule has 8 heteroatoms. The van der Waals surface area contributed by atoms with Crippen LogP contribution >= 0.6 is 23.3 Å². The average molecular weight is 327 g/mol. The lowest BCUT2D eigenvalue weighted by Gasteiger charge is -2.27. The van der Waals surface area contributed by atoms with E-state index in [1.807, 2.05) is 13.8 Å². The summed E-state index contributed by atoms with van der Waals surface area (Å²) < 4.78 is 3.88. The summed E-state index contributed by atoms with van der Waals surface area (Å²) in [6.07, 6.45) is 2.15. The minimum absolute atomic E-state index is 0.0132. The van der Waals surface area contributed by atoms with Crippen LogP contribution in [0.1, 0.15) is 48.0 Å². The van der Waals surface area contributed by atoms with Crippen molar-refractivity contribution in [1.82, 2.24) is 14.5 Å². The van der Waals surface area contributed by atoms with E-state index in [1.54, 1.807) is 16.7 Å². The molecule has 0 radical (unpaired) electrons. The molecule has 2 heterocycles. The summed E-state index contributed by atoms with van der Waals surface area (Å²) in [6.45, 7) is 3.92. The van der Waals surface area contributed by atoms with Crippen LogP contribution in [-0.2, 0) is 4.79 Å². The first-order chi connectivity index (χ1) is 10.0. The number of rotatable bonds is 4. The molecule has 1 aliphatic carbocycles. The fraction of sp³-hybridized carbons (Fsp3) is 0.692. The predicted octanol–water partition coefficient (Wildman–Crippen LogP) is 2.04. The molecule has 1 saturated carbocycles. The van der Waals surface area contributed by atoms with E-state index in [-0.39, 0.29) is 17.2 Å². The van der Waals surface area contributed by atoms with Gasteiger partial charge >= 0.3 is 5.97 Å². The van der Waals surface area contributed by atoms with Gasteiger partial charge in [0.2, 0.25) is 0 Å². The lowest BCUT2D eigenvalue weighted by molar-refractivity contribution is -0.141. The number of aliphatic carboxylic acids is 1. The van der Waals surface area contributed by atoms with Crippen molar-refractivity contribution in [3.8, 4) is 0 Å². The molecule has 0 aromatic carbocycles. The number of hydrogen-bond donors (Lipinski definition) is 1. The van der Waals surface area contributed by atoms with Crippen LogP contribution in [-0.4, -0.2) is 48.6 Å². The molecular weight excluding hydrogens is 310 g/mol. The van der Waals surface area contributed by atoms with Crippen molar-refractivity contribution >= 4 is 35.2 Å². The maximum atomic E-state index is 12.9. The zero-order valence-electron chi connectivity index (χ0n) is 11.9. The van der Waals surface area contributed by atoms with E-state index in [4.69, 9.17) is 0 Å². The monoisotopic (exact) mass is 327 g/mol. The van der Waals surface area contributed by atoms with Gasteiger partial charge in [0, 0.05) is 5.75 Å². The van der Waals surface area contributed by atoms with Crippen LogP contribution in [0.2, 0.25) is 0 Å². The average Bonchev–Trinajstić information content (AvgIpc) is 3.01. The van der Waals surface area contributed by atoms with E-state index in [1.165, 1.54) is 0 Å². The Morgan fingerprint density at radius 3 is 2.67 bits per heavy atom. The van der Waals surface area contributed by atoms with E-state index < -0.39 is 12.0 Å². The molecule has 1 N–H and O–H groups in total. The molecule has 2 unspecified atom stereocenters. The molecule has 2 fully saturated rings. The topological polar surface area (TPSA) is 83.4 Å². The molecule has 1 saturated heterocycles. The van der Waals surface area contributed by atoms with Crippen LogP contribution in [0.3, 0.4) is 0 Å². The summed E-state index contributed by atoms with van der Waals surface area (Å²) in [6, 6.07) is -0.741. The van der Waals surface area contributed by atoms with Crippen molar-refractivity contribution in [2.24, 2.45) is 5.92 Å². The second kappa shape index (κ2) is 5.57. The van der Waals surface area contributed by atoms with E-state index in [0.29, 0.717) is 22.2 Å². The third kappa shape index (κ3) is 2.66. The number of thioether (sulfide) groups is 1. The maximum Gasteiger partial charge on any atom is 0.327 e. The van der Waals surface area contributed by atoms with E-state index in [2.05, 4.69) is 9.59 Å². The first-order valence-electron chi connectivity index (χ1n) is 7.00. The largest absolute Gasteiger partial charge is 0.480 e. The molecule has 2 aliphatic rings. The highest BCUT2D eigenvalue weighted by molar-refractivity contribution is 8.00. The van der Waals surface area contributed by atoms with Gasteiger partial charge in [0.1, 0.15) is 10.9 Å². The molecule has 1 aromatic rings. The Bertz CT molecular complexity index is 571. The van der Waals surface area contributed by atoms with Crippen molar-refractivity contribution in [3.63, 3.8) is 0 Å². The Labute approximate surface area is 131 Å². The Balaban J connectivity index is 1.92. The Morgan fingerprint density at radius 2 is 2.10 bits per heavy atom. The number of carbonyl (C=O) groups excluding carboxylic acids is 1. The van der Waals surface area contributed by atoms with Crippen molar-refractivity contribution in [2.45, 2.75) is 44.0 Å². The van der Waals surface area contributed by atoms with Gasteiger partial charge in [-0.3, -0.25) is 4.79 Å². The van der Waals surface area contributed by atoms with Gasteiger partial charge in [-0.05, 0) is 36.2 Å². The van der Waals surface area contributed by atoms with Gasteiger partial charge in [-0.25, -0.2) is 4.79 Å². The highest BCUT2D eigenvalue weighted by Crippen LogP contribution is 2.46. The summed E-state index contributed by atoms with van der Waals surface area (Å²) in [5.74, 6) is -0.149. The summed E-state index contributed by atoms with van der Waals surface area (Å²) in [5, 5.41) is 13.4. The zero-order valence-corrected chi connectivity index (χ0v) is 13.5. The number of nitrogens with zero attached hydrogens (tertiary/aromatic N) is 3. The van der Waals surface area contributed by atoms with E-state index in [9.17, 15) is 14.7 Å². The van der Waals surface area contributed by atoms with Gasteiger partial charge in [0.15, 0.2) is 0 Å². The molecule has 6 nitrogen and oxygen atoms in total.